The van der Waals surface area contributed by atoms with Gasteiger partial charge in [0.15, 0.2) is 0 Å². The molecule has 3 aromatic rings. The topological polar surface area (TPSA) is 50.8 Å². The lowest BCUT2D eigenvalue weighted by molar-refractivity contribution is 0.0101. The Morgan fingerprint density at radius 3 is 2.76 bits per heavy atom. The zero-order valence-corrected chi connectivity index (χ0v) is 11.7. The summed E-state index contributed by atoms with van der Waals surface area (Å²) < 4.78 is 5.81. The quantitative estimate of drug-likeness (QED) is 0.774. The summed E-state index contributed by atoms with van der Waals surface area (Å²) >= 11 is 0. The lowest BCUT2D eigenvalue weighted by atomic mass is 10.1. The average Bonchev–Trinajstić information content (AvgIpc) is 2.99. The van der Waals surface area contributed by atoms with E-state index in [0.29, 0.717) is 0 Å². The number of fused-ring (bicyclic) bond motifs is 1. The average molecular weight is 279 g/mol. The van der Waals surface area contributed by atoms with E-state index in [-0.39, 0.29) is 6.10 Å². The van der Waals surface area contributed by atoms with E-state index in [1.807, 2.05) is 24.5 Å². The van der Waals surface area contributed by atoms with Crippen LogP contribution >= 0.6 is 0 Å². The molecule has 0 radical (unpaired) electrons. The summed E-state index contributed by atoms with van der Waals surface area (Å²) in [4.78, 5) is 12.2. The van der Waals surface area contributed by atoms with Crippen LogP contribution in [0.5, 0.6) is 0 Å². The Morgan fingerprint density at radius 1 is 1.05 bits per heavy atom. The van der Waals surface area contributed by atoms with Gasteiger partial charge in [0.25, 0.3) is 0 Å². The van der Waals surface area contributed by atoms with Crippen molar-refractivity contribution in [2.75, 3.05) is 6.61 Å². The number of aromatic nitrogens is 3. The Bertz CT molecular complexity index is 745. The minimum Gasteiger partial charge on any atom is -0.370 e. The Balaban J connectivity index is 1.71. The first-order valence-corrected chi connectivity index (χ1v) is 7.42. The van der Waals surface area contributed by atoms with Gasteiger partial charge in [-0.3, -0.25) is 4.98 Å². The molecule has 1 N–H and O–H groups in total. The molecule has 4 rings (SSSR count). The van der Waals surface area contributed by atoms with Crippen molar-refractivity contribution >= 4 is 11.0 Å². The number of imidazole rings is 1. The van der Waals surface area contributed by atoms with Gasteiger partial charge in [-0.15, -0.1) is 0 Å². The van der Waals surface area contributed by atoms with Gasteiger partial charge in [0.05, 0.1) is 11.0 Å². The number of benzene rings is 1. The van der Waals surface area contributed by atoms with E-state index >= 15 is 0 Å². The molecule has 1 fully saturated rings. The molecule has 0 spiro atoms. The van der Waals surface area contributed by atoms with Gasteiger partial charge >= 0.3 is 0 Å². The Morgan fingerprint density at radius 2 is 1.95 bits per heavy atom. The summed E-state index contributed by atoms with van der Waals surface area (Å²) in [6.07, 6.45) is 7.17. The summed E-state index contributed by atoms with van der Waals surface area (Å²) in [6.45, 7) is 0.837. The fourth-order valence-corrected chi connectivity index (χ4v) is 2.86. The number of rotatable bonds is 2. The van der Waals surface area contributed by atoms with E-state index in [2.05, 4.69) is 33.2 Å². The molecule has 0 bridgehead atoms. The van der Waals surface area contributed by atoms with Gasteiger partial charge in [-0.1, -0.05) is 6.07 Å². The van der Waals surface area contributed by atoms with Crippen molar-refractivity contribution in [3.63, 3.8) is 0 Å². The largest absolute Gasteiger partial charge is 0.370 e. The second kappa shape index (κ2) is 5.30. The first-order valence-electron chi connectivity index (χ1n) is 7.42. The fourth-order valence-electron chi connectivity index (χ4n) is 2.86. The third-order valence-corrected chi connectivity index (χ3v) is 4.00. The van der Waals surface area contributed by atoms with Gasteiger partial charge in [0, 0.05) is 19.0 Å². The summed E-state index contributed by atoms with van der Waals surface area (Å²) in [7, 11) is 0. The van der Waals surface area contributed by atoms with E-state index in [4.69, 9.17) is 4.74 Å². The SMILES string of the molecule is c1cc(-c2ccc3nc([C@H]4CCCCO4)[nH]c3c2)ccn1. The maximum atomic E-state index is 5.81. The molecule has 0 unspecified atom stereocenters. The molecule has 21 heavy (non-hydrogen) atoms. The van der Waals surface area contributed by atoms with Crippen molar-refractivity contribution in [2.45, 2.75) is 25.4 Å². The zero-order valence-electron chi connectivity index (χ0n) is 11.7. The van der Waals surface area contributed by atoms with Crippen molar-refractivity contribution < 1.29 is 4.74 Å². The second-order valence-corrected chi connectivity index (χ2v) is 5.45. The summed E-state index contributed by atoms with van der Waals surface area (Å²) in [5, 5.41) is 0. The second-order valence-electron chi connectivity index (χ2n) is 5.45. The molecule has 4 heteroatoms. The van der Waals surface area contributed by atoms with Crippen LogP contribution in [0.1, 0.15) is 31.2 Å². The third-order valence-electron chi connectivity index (χ3n) is 4.00. The van der Waals surface area contributed by atoms with Crippen LogP contribution in [0.15, 0.2) is 42.7 Å². The minimum absolute atomic E-state index is 0.121. The highest BCUT2D eigenvalue weighted by atomic mass is 16.5. The monoisotopic (exact) mass is 279 g/mol. The predicted molar refractivity (Wildman–Crippen MR) is 81.9 cm³/mol. The smallest absolute Gasteiger partial charge is 0.136 e. The molecular weight excluding hydrogens is 262 g/mol. The first-order chi connectivity index (χ1) is 10.4. The van der Waals surface area contributed by atoms with Crippen LogP contribution < -0.4 is 0 Å². The van der Waals surface area contributed by atoms with Crippen molar-refractivity contribution in [1.82, 2.24) is 15.0 Å². The van der Waals surface area contributed by atoms with Crippen LogP contribution in [-0.2, 0) is 4.74 Å². The molecule has 1 aromatic carbocycles. The molecule has 0 saturated carbocycles. The molecule has 0 amide bonds. The van der Waals surface area contributed by atoms with E-state index in [1.54, 1.807) is 0 Å². The molecule has 1 saturated heterocycles. The highest BCUT2D eigenvalue weighted by Gasteiger charge is 2.19. The van der Waals surface area contributed by atoms with Crippen LogP contribution in [0.4, 0.5) is 0 Å². The number of pyridine rings is 1. The number of aromatic amines is 1. The lowest BCUT2D eigenvalue weighted by Crippen LogP contribution is -2.12. The van der Waals surface area contributed by atoms with E-state index in [1.165, 1.54) is 12.0 Å². The standard InChI is InChI=1S/C17H17N3O/c1-2-10-21-16(3-1)17-19-14-5-4-13(11-15(14)20-17)12-6-8-18-9-7-12/h4-9,11,16H,1-3,10H2,(H,19,20)/t16-/m1/s1. The van der Waals surface area contributed by atoms with E-state index in [0.717, 1.165) is 41.9 Å². The molecular formula is C17H17N3O. The summed E-state index contributed by atoms with van der Waals surface area (Å²) in [5.74, 6) is 0.955. The predicted octanol–water partition coefficient (Wildman–Crippen LogP) is 3.87. The number of H-pyrrole nitrogens is 1. The van der Waals surface area contributed by atoms with E-state index < -0.39 is 0 Å². The maximum Gasteiger partial charge on any atom is 0.136 e. The van der Waals surface area contributed by atoms with Gasteiger partial charge in [-0.05, 0) is 54.7 Å². The van der Waals surface area contributed by atoms with Gasteiger partial charge in [0.2, 0.25) is 0 Å². The molecule has 2 aromatic heterocycles. The van der Waals surface area contributed by atoms with Gasteiger partial charge in [0.1, 0.15) is 11.9 Å². The summed E-state index contributed by atoms with van der Waals surface area (Å²) in [6, 6.07) is 10.3. The van der Waals surface area contributed by atoms with Crippen molar-refractivity contribution in [2.24, 2.45) is 0 Å². The van der Waals surface area contributed by atoms with Gasteiger partial charge in [-0.2, -0.15) is 0 Å². The van der Waals surface area contributed by atoms with Crippen molar-refractivity contribution in [3.8, 4) is 11.1 Å². The highest BCUT2D eigenvalue weighted by molar-refractivity contribution is 5.81. The molecule has 3 heterocycles. The van der Waals surface area contributed by atoms with Crippen LogP contribution in [-0.4, -0.2) is 21.6 Å². The Kier molecular flexibility index (Phi) is 3.16. The molecule has 1 atom stereocenters. The van der Waals surface area contributed by atoms with Gasteiger partial charge < -0.3 is 9.72 Å². The first kappa shape index (κ1) is 12.5. The Labute approximate surface area is 123 Å². The zero-order chi connectivity index (χ0) is 14.1. The molecule has 1 aliphatic rings. The van der Waals surface area contributed by atoms with Crippen LogP contribution in [0.3, 0.4) is 0 Å². The molecule has 1 aliphatic heterocycles. The van der Waals surface area contributed by atoms with Crippen molar-refractivity contribution in [3.05, 3.63) is 48.5 Å². The Hall–Kier alpha value is -2.20. The lowest BCUT2D eigenvalue weighted by Gasteiger charge is -2.20. The number of ether oxygens (including phenoxy) is 1. The van der Waals surface area contributed by atoms with Gasteiger partial charge in [-0.25, -0.2) is 4.98 Å². The van der Waals surface area contributed by atoms with Crippen LogP contribution in [0, 0.1) is 0 Å². The normalized spacial score (nSPS) is 19.0. The van der Waals surface area contributed by atoms with Crippen LogP contribution in [0.2, 0.25) is 0 Å². The molecule has 106 valence electrons. The number of nitrogens with zero attached hydrogens (tertiary/aromatic N) is 2. The third kappa shape index (κ3) is 2.43. The minimum atomic E-state index is 0.121. The maximum absolute atomic E-state index is 5.81. The molecule has 4 nitrogen and oxygen atoms in total. The number of nitrogens with one attached hydrogen (secondary N) is 1. The van der Waals surface area contributed by atoms with Crippen LogP contribution in [0.25, 0.3) is 22.2 Å². The van der Waals surface area contributed by atoms with Crippen molar-refractivity contribution in [1.29, 1.82) is 0 Å². The number of hydrogen-bond acceptors (Lipinski definition) is 3. The summed E-state index contributed by atoms with van der Waals surface area (Å²) in [5.41, 5.74) is 4.40. The molecule has 0 aliphatic carbocycles. The highest BCUT2D eigenvalue weighted by Crippen LogP contribution is 2.29. The number of hydrogen-bond donors (Lipinski definition) is 1. The fraction of sp³-hybridized carbons (Fsp3) is 0.294. The van der Waals surface area contributed by atoms with E-state index in [9.17, 15) is 0 Å².